The Morgan fingerprint density at radius 1 is 1.54 bits per heavy atom. The van der Waals surface area contributed by atoms with E-state index in [0.717, 1.165) is 18.5 Å². The second kappa shape index (κ2) is 4.46. The Bertz CT molecular complexity index is 328. The van der Waals surface area contributed by atoms with Gasteiger partial charge in [-0.15, -0.1) is 0 Å². The van der Waals surface area contributed by atoms with Gasteiger partial charge in [0.2, 0.25) is 5.88 Å². The summed E-state index contributed by atoms with van der Waals surface area (Å²) >= 11 is 0. The third-order valence-corrected chi connectivity index (χ3v) is 1.74. The first kappa shape index (κ1) is 9.53. The molecule has 13 heavy (non-hydrogen) atoms. The highest BCUT2D eigenvalue weighted by Gasteiger charge is 2.04. The van der Waals surface area contributed by atoms with Crippen LogP contribution in [0.15, 0.2) is 12.1 Å². The first-order valence-electron chi connectivity index (χ1n) is 4.25. The van der Waals surface area contributed by atoms with Crippen LogP contribution in [0.25, 0.3) is 0 Å². The van der Waals surface area contributed by atoms with Gasteiger partial charge in [0.05, 0.1) is 7.11 Å². The molecule has 1 aromatic heterocycles. The van der Waals surface area contributed by atoms with E-state index in [-0.39, 0.29) is 0 Å². The zero-order valence-electron chi connectivity index (χ0n) is 7.87. The molecule has 1 aromatic rings. The Kier molecular flexibility index (Phi) is 3.27. The average molecular weight is 176 g/mol. The number of methoxy groups -OCH3 is 1. The van der Waals surface area contributed by atoms with Gasteiger partial charge in [-0.3, -0.25) is 0 Å². The van der Waals surface area contributed by atoms with E-state index in [4.69, 9.17) is 10.00 Å². The van der Waals surface area contributed by atoms with Gasteiger partial charge in [0.15, 0.2) is 0 Å². The van der Waals surface area contributed by atoms with Gasteiger partial charge in [-0.05, 0) is 18.6 Å². The van der Waals surface area contributed by atoms with Crippen LogP contribution in [0.1, 0.15) is 24.6 Å². The van der Waals surface area contributed by atoms with Crippen LogP contribution < -0.4 is 4.74 Å². The van der Waals surface area contributed by atoms with E-state index in [1.165, 1.54) is 7.11 Å². The number of hydrogen-bond acceptors (Lipinski definition) is 3. The highest BCUT2D eigenvalue weighted by molar-refractivity contribution is 5.38. The van der Waals surface area contributed by atoms with Crippen molar-refractivity contribution in [3.63, 3.8) is 0 Å². The molecule has 0 fully saturated rings. The van der Waals surface area contributed by atoms with Crippen LogP contribution >= 0.6 is 0 Å². The van der Waals surface area contributed by atoms with Crippen LogP contribution in [-0.4, -0.2) is 12.1 Å². The predicted octanol–water partition coefficient (Wildman–Crippen LogP) is 1.91. The molecule has 0 atom stereocenters. The molecule has 0 amide bonds. The topological polar surface area (TPSA) is 45.9 Å². The lowest BCUT2D eigenvalue weighted by molar-refractivity contribution is 0.395. The number of pyridine rings is 1. The van der Waals surface area contributed by atoms with Crippen LogP contribution in [0.2, 0.25) is 0 Å². The van der Waals surface area contributed by atoms with Gasteiger partial charge in [0.25, 0.3) is 0 Å². The van der Waals surface area contributed by atoms with E-state index < -0.39 is 0 Å². The summed E-state index contributed by atoms with van der Waals surface area (Å²) in [5.74, 6) is 0.424. The lowest BCUT2D eigenvalue weighted by Gasteiger charge is -2.03. The van der Waals surface area contributed by atoms with Crippen molar-refractivity contribution in [1.29, 1.82) is 5.26 Å². The Hall–Kier alpha value is -1.56. The molecule has 0 unspecified atom stereocenters. The molecule has 0 aliphatic rings. The molecule has 3 heteroatoms. The summed E-state index contributed by atoms with van der Waals surface area (Å²) in [7, 11) is 1.53. The summed E-state index contributed by atoms with van der Waals surface area (Å²) in [4.78, 5) is 4.21. The van der Waals surface area contributed by atoms with Gasteiger partial charge in [-0.1, -0.05) is 13.3 Å². The Balaban J connectivity index is 3.00. The van der Waals surface area contributed by atoms with Gasteiger partial charge >= 0.3 is 0 Å². The van der Waals surface area contributed by atoms with E-state index in [1.54, 1.807) is 6.07 Å². The summed E-state index contributed by atoms with van der Waals surface area (Å²) in [6.45, 7) is 2.09. The van der Waals surface area contributed by atoms with Gasteiger partial charge in [0.1, 0.15) is 11.6 Å². The van der Waals surface area contributed by atoms with Gasteiger partial charge in [0, 0.05) is 5.69 Å². The number of aryl methyl sites for hydroxylation is 1. The van der Waals surface area contributed by atoms with Crippen molar-refractivity contribution in [3.05, 3.63) is 23.4 Å². The molecule has 0 aliphatic carbocycles. The van der Waals surface area contributed by atoms with Gasteiger partial charge < -0.3 is 4.74 Å². The molecule has 0 aliphatic heterocycles. The molecule has 1 heterocycles. The fourth-order valence-corrected chi connectivity index (χ4v) is 1.11. The highest BCUT2D eigenvalue weighted by Crippen LogP contribution is 2.15. The van der Waals surface area contributed by atoms with E-state index in [1.807, 2.05) is 12.1 Å². The maximum Gasteiger partial charge on any atom is 0.231 e. The van der Waals surface area contributed by atoms with E-state index in [2.05, 4.69) is 11.9 Å². The first-order chi connectivity index (χ1) is 6.31. The van der Waals surface area contributed by atoms with Crippen molar-refractivity contribution in [1.82, 2.24) is 4.98 Å². The lowest BCUT2D eigenvalue weighted by atomic mass is 10.2. The van der Waals surface area contributed by atoms with E-state index in [0.29, 0.717) is 11.4 Å². The summed E-state index contributed by atoms with van der Waals surface area (Å²) in [6.07, 6.45) is 1.96. The second-order valence-corrected chi connectivity index (χ2v) is 2.72. The Morgan fingerprint density at radius 3 is 2.85 bits per heavy atom. The fourth-order valence-electron chi connectivity index (χ4n) is 1.11. The minimum absolute atomic E-state index is 0.424. The molecule has 3 nitrogen and oxygen atoms in total. The second-order valence-electron chi connectivity index (χ2n) is 2.72. The van der Waals surface area contributed by atoms with Crippen molar-refractivity contribution in [2.75, 3.05) is 7.11 Å². The zero-order chi connectivity index (χ0) is 9.68. The van der Waals surface area contributed by atoms with Crippen LogP contribution in [-0.2, 0) is 6.42 Å². The largest absolute Gasteiger partial charge is 0.480 e. The number of aromatic nitrogens is 1. The van der Waals surface area contributed by atoms with Gasteiger partial charge in [-0.2, -0.15) is 5.26 Å². The Labute approximate surface area is 78.0 Å². The molecule has 0 radical (unpaired) electrons. The van der Waals surface area contributed by atoms with E-state index in [9.17, 15) is 0 Å². The number of hydrogen-bond donors (Lipinski definition) is 0. The smallest absolute Gasteiger partial charge is 0.231 e. The normalized spacial score (nSPS) is 9.31. The Morgan fingerprint density at radius 2 is 2.31 bits per heavy atom. The van der Waals surface area contributed by atoms with Crippen LogP contribution in [0.3, 0.4) is 0 Å². The maximum absolute atomic E-state index is 8.70. The van der Waals surface area contributed by atoms with Crippen molar-refractivity contribution >= 4 is 0 Å². The van der Waals surface area contributed by atoms with Crippen molar-refractivity contribution in [3.8, 4) is 11.9 Å². The van der Waals surface area contributed by atoms with Crippen LogP contribution in [0, 0.1) is 11.3 Å². The molecule has 0 saturated carbocycles. The third-order valence-electron chi connectivity index (χ3n) is 1.74. The zero-order valence-corrected chi connectivity index (χ0v) is 7.87. The van der Waals surface area contributed by atoms with E-state index >= 15 is 0 Å². The molecule has 0 N–H and O–H groups in total. The molecular weight excluding hydrogens is 164 g/mol. The minimum Gasteiger partial charge on any atom is -0.480 e. The molecule has 0 aromatic carbocycles. The molecule has 1 rings (SSSR count). The summed E-state index contributed by atoms with van der Waals surface area (Å²) in [5.41, 5.74) is 1.46. The third kappa shape index (κ3) is 2.19. The summed E-state index contributed by atoms with van der Waals surface area (Å²) in [5, 5.41) is 8.70. The fraction of sp³-hybridized carbons (Fsp3) is 0.400. The van der Waals surface area contributed by atoms with Crippen molar-refractivity contribution in [2.45, 2.75) is 19.8 Å². The van der Waals surface area contributed by atoms with Crippen LogP contribution in [0.4, 0.5) is 0 Å². The quantitative estimate of drug-likeness (QED) is 0.706. The minimum atomic E-state index is 0.424. The maximum atomic E-state index is 8.70. The van der Waals surface area contributed by atoms with Gasteiger partial charge in [-0.25, -0.2) is 4.98 Å². The molecule has 68 valence electrons. The number of rotatable bonds is 3. The summed E-state index contributed by atoms with van der Waals surface area (Å²) < 4.78 is 4.99. The van der Waals surface area contributed by atoms with Crippen molar-refractivity contribution in [2.24, 2.45) is 0 Å². The van der Waals surface area contributed by atoms with Crippen LogP contribution in [0.5, 0.6) is 5.88 Å². The predicted molar refractivity (Wildman–Crippen MR) is 49.5 cm³/mol. The number of ether oxygens (including phenoxy) is 1. The molecule has 0 spiro atoms. The molecular formula is C10H12N2O. The lowest BCUT2D eigenvalue weighted by Crippen LogP contribution is -1.96. The average Bonchev–Trinajstić information content (AvgIpc) is 2.18. The SMILES string of the molecule is CCCc1ccc(C#N)c(OC)n1. The number of nitriles is 1. The summed E-state index contributed by atoms with van der Waals surface area (Å²) in [6, 6.07) is 5.64. The van der Waals surface area contributed by atoms with Crippen molar-refractivity contribution < 1.29 is 4.74 Å². The highest BCUT2D eigenvalue weighted by atomic mass is 16.5. The monoisotopic (exact) mass is 176 g/mol. The first-order valence-corrected chi connectivity index (χ1v) is 4.25. The number of nitrogens with zero attached hydrogens (tertiary/aromatic N) is 2. The standard InChI is InChI=1S/C10H12N2O/c1-3-4-9-6-5-8(7-11)10(12-9)13-2/h5-6H,3-4H2,1-2H3. The molecule has 0 bridgehead atoms. The molecule has 0 saturated heterocycles.